The standard InChI is InChI=1S/C15H20FNO2/c1-10-7-12(16)9-13(8-10)17-14(15(18)19-2)11-5-3-4-6-11/h7-9,11,14,17H,3-6H2,1-2H3. The molecule has 1 unspecified atom stereocenters. The van der Waals surface area contributed by atoms with Crippen molar-refractivity contribution in [2.24, 2.45) is 5.92 Å². The van der Waals surface area contributed by atoms with Crippen molar-refractivity contribution in [2.45, 2.75) is 38.6 Å². The summed E-state index contributed by atoms with van der Waals surface area (Å²) in [6.07, 6.45) is 4.31. The lowest BCUT2D eigenvalue weighted by Crippen LogP contribution is -2.36. The van der Waals surface area contributed by atoms with Crippen LogP contribution in [-0.4, -0.2) is 19.1 Å². The number of carbonyl (C=O) groups is 1. The number of halogens is 1. The molecule has 2 rings (SSSR count). The van der Waals surface area contributed by atoms with Crippen molar-refractivity contribution >= 4 is 11.7 Å². The second kappa shape index (κ2) is 6.04. The molecule has 1 aromatic carbocycles. The largest absolute Gasteiger partial charge is 0.467 e. The van der Waals surface area contributed by atoms with Crippen molar-refractivity contribution in [3.63, 3.8) is 0 Å². The number of benzene rings is 1. The number of methoxy groups -OCH3 is 1. The van der Waals surface area contributed by atoms with Crippen molar-refractivity contribution in [1.82, 2.24) is 0 Å². The highest BCUT2D eigenvalue weighted by atomic mass is 19.1. The van der Waals surface area contributed by atoms with Gasteiger partial charge in [-0.25, -0.2) is 9.18 Å². The molecule has 0 amide bonds. The number of anilines is 1. The second-order valence-electron chi connectivity index (χ2n) is 5.21. The molecule has 0 bridgehead atoms. The summed E-state index contributed by atoms with van der Waals surface area (Å²) in [7, 11) is 1.39. The average Bonchev–Trinajstić information content (AvgIpc) is 2.87. The fourth-order valence-electron chi connectivity index (χ4n) is 2.79. The molecule has 4 heteroatoms. The monoisotopic (exact) mass is 265 g/mol. The minimum absolute atomic E-state index is 0.270. The summed E-state index contributed by atoms with van der Waals surface area (Å²) in [5.74, 6) is -0.289. The van der Waals surface area contributed by atoms with E-state index in [1.807, 2.05) is 13.0 Å². The zero-order valence-electron chi connectivity index (χ0n) is 11.4. The lowest BCUT2D eigenvalue weighted by atomic mass is 9.97. The van der Waals surface area contributed by atoms with E-state index in [9.17, 15) is 9.18 Å². The minimum Gasteiger partial charge on any atom is -0.467 e. The van der Waals surface area contributed by atoms with E-state index in [1.165, 1.54) is 19.2 Å². The maximum atomic E-state index is 13.4. The molecule has 1 atom stereocenters. The molecule has 1 fully saturated rings. The van der Waals surface area contributed by atoms with Crippen LogP contribution in [0.1, 0.15) is 31.2 Å². The molecular formula is C15H20FNO2. The number of rotatable bonds is 4. The lowest BCUT2D eigenvalue weighted by Gasteiger charge is -2.23. The van der Waals surface area contributed by atoms with Gasteiger partial charge in [0.05, 0.1) is 7.11 Å². The van der Waals surface area contributed by atoms with Crippen LogP contribution in [0.25, 0.3) is 0 Å². The maximum Gasteiger partial charge on any atom is 0.328 e. The summed E-state index contributed by atoms with van der Waals surface area (Å²) >= 11 is 0. The number of hydrogen-bond acceptors (Lipinski definition) is 3. The third-order valence-electron chi connectivity index (χ3n) is 3.69. The number of hydrogen-bond donors (Lipinski definition) is 1. The van der Waals surface area contributed by atoms with Crippen LogP contribution in [0, 0.1) is 18.7 Å². The first kappa shape index (κ1) is 13.8. The van der Waals surface area contributed by atoms with Crippen molar-refractivity contribution in [2.75, 3.05) is 12.4 Å². The highest BCUT2D eigenvalue weighted by Gasteiger charge is 2.31. The Balaban J connectivity index is 2.16. The van der Waals surface area contributed by atoms with Crippen LogP contribution < -0.4 is 5.32 Å². The number of esters is 1. The van der Waals surface area contributed by atoms with E-state index in [0.717, 1.165) is 31.2 Å². The Morgan fingerprint density at radius 2 is 2.05 bits per heavy atom. The zero-order chi connectivity index (χ0) is 13.8. The van der Waals surface area contributed by atoms with Gasteiger partial charge in [-0.05, 0) is 49.4 Å². The highest BCUT2D eigenvalue weighted by molar-refractivity contribution is 5.79. The maximum absolute atomic E-state index is 13.4. The first-order valence-electron chi connectivity index (χ1n) is 6.71. The SMILES string of the molecule is COC(=O)C(Nc1cc(C)cc(F)c1)C1CCCC1. The Bertz CT molecular complexity index is 435. The lowest BCUT2D eigenvalue weighted by molar-refractivity contribution is -0.142. The summed E-state index contributed by atoms with van der Waals surface area (Å²) in [6.45, 7) is 1.83. The summed E-state index contributed by atoms with van der Waals surface area (Å²) in [6, 6.07) is 4.34. The molecule has 0 heterocycles. The molecule has 0 aliphatic heterocycles. The van der Waals surface area contributed by atoms with Crippen molar-refractivity contribution in [3.05, 3.63) is 29.6 Å². The minimum atomic E-state index is -0.381. The van der Waals surface area contributed by atoms with Gasteiger partial charge >= 0.3 is 5.97 Å². The third-order valence-corrected chi connectivity index (χ3v) is 3.69. The van der Waals surface area contributed by atoms with Crippen LogP contribution >= 0.6 is 0 Å². The van der Waals surface area contributed by atoms with Gasteiger partial charge in [0.1, 0.15) is 11.9 Å². The molecule has 1 aliphatic rings. The predicted molar refractivity (Wildman–Crippen MR) is 72.5 cm³/mol. The average molecular weight is 265 g/mol. The van der Waals surface area contributed by atoms with Crippen LogP contribution in [0.5, 0.6) is 0 Å². The number of nitrogens with one attached hydrogen (secondary N) is 1. The van der Waals surface area contributed by atoms with Gasteiger partial charge in [-0.2, -0.15) is 0 Å². The van der Waals surface area contributed by atoms with Crippen LogP contribution in [0.2, 0.25) is 0 Å². The molecule has 0 saturated heterocycles. The second-order valence-corrected chi connectivity index (χ2v) is 5.21. The highest BCUT2D eigenvalue weighted by Crippen LogP contribution is 2.30. The van der Waals surface area contributed by atoms with E-state index in [0.29, 0.717) is 5.69 Å². The smallest absolute Gasteiger partial charge is 0.328 e. The quantitative estimate of drug-likeness (QED) is 0.849. The number of carbonyl (C=O) groups excluding carboxylic acids is 1. The molecule has 3 nitrogen and oxygen atoms in total. The molecule has 1 N–H and O–H groups in total. The van der Waals surface area contributed by atoms with Crippen LogP contribution in [-0.2, 0) is 9.53 Å². The Morgan fingerprint density at radius 3 is 2.63 bits per heavy atom. The van der Waals surface area contributed by atoms with Gasteiger partial charge in [0.15, 0.2) is 0 Å². The summed E-state index contributed by atoms with van der Waals surface area (Å²) in [5, 5.41) is 3.14. The van der Waals surface area contributed by atoms with Gasteiger partial charge in [0.2, 0.25) is 0 Å². The number of ether oxygens (including phenoxy) is 1. The van der Waals surface area contributed by atoms with E-state index in [-0.39, 0.29) is 23.7 Å². The molecule has 1 aliphatic carbocycles. The van der Waals surface area contributed by atoms with Crippen LogP contribution in [0.3, 0.4) is 0 Å². The Labute approximate surface area is 113 Å². The fourth-order valence-corrected chi connectivity index (χ4v) is 2.79. The van der Waals surface area contributed by atoms with Gasteiger partial charge in [0.25, 0.3) is 0 Å². The zero-order valence-corrected chi connectivity index (χ0v) is 11.4. The van der Waals surface area contributed by atoms with Crippen molar-refractivity contribution in [3.8, 4) is 0 Å². The van der Waals surface area contributed by atoms with Gasteiger partial charge in [-0.3, -0.25) is 0 Å². The predicted octanol–water partition coefficient (Wildman–Crippen LogP) is 3.28. The van der Waals surface area contributed by atoms with Gasteiger partial charge in [-0.15, -0.1) is 0 Å². The Morgan fingerprint density at radius 1 is 1.37 bits per heavy atom. The normalized spacial score (nSPS) is 17.2. The van der Waals surface area contributed by atoms with Gasteiger partial charge < -0.3 is 10.1 Å². The van der Waals surface area contributed by atoms with E-state index >= 15 is 0 Å². The Hall–Kier alpha value is -1.58. The molecule has 104 valence electrons. The van der Waals surface area contributed by atoms with E-state index < -0.39 is 0 Å². The van der Waals surface area contributed by atoms with Crippen molar-refractivity contribution in [1.29, 1.82) is 0 Å². The van der Waals surface area contributed by atoms with Crippen molar-refractivity contribution < 1.29 is 13.9 Å². The molecule has 0 spiro atoms. The fraction of sp³-hybridized carbons (Fsp3) is 0.533. The van der Waals surface area contributed by atoms with E-state index in [4.69, 9.17) is 4.74 Å². The third kappa shape index (κ3) is 3.46. The van der Waals surface area contributed by atoms with E-state index in [2.05, 4.69) is 5.32 Å². The first-order valence-corrected chi connectivity index (χ1v) is 6.71. The Kier molecular flexibility index (Phi) is 4.40. The van der Waals surface area contributed by atoms with E-state index in [1.54, 1.807) is 0 Å². The molecule has 1 saturated carbocycles. The van der Waals surface area contributed by atoms with Gasteiger partial charge in [0, 0.05) is 5.69 Å². The molecule has 1 aromatic rings. The van der Waals surface area contributed by atoms with Gasteiger partial charge in [-0.1, -0.05) is 12.8 Å². The van der Waals surface area contributed by atoms with Crippen LogP contribution in [0.15, 0.2) is 18.2 Å². The molecular weight excluding hydrogens is 245 g/mol. The molecule has 0 radical (unpaired) electrons. The summed E-state index contributed by atoms with van der Waals surface area (Å²) in [5.41, 5.74) is 1.47. The summed E-state index contributed by atoms with van der Waals surface area (Å²) in [4.78, 5) is 11.9. The summed E-state index contributed by atoms with van der Waals surface area (Å²) < 4.78 is 18.2. The number of aryl methyl sites for hydroxylation is 1. The van der Waals surface area contributed by atoms with Crippen LogP contribution in [0.4, 0.5) is 10.1 Å². The molecule has 0 aromatic heterocycles. The first-order chi connectivity index (χ1) is 9.10. The topological polar surface area (TPSA) is 38.3 Å². The molecule has 19 heavy (non-hydrogen) atoms.